The normalized spacial score (nSPS) is 11.0. The Hall–Kier alpha value is -3.47. The molecule has 0 saturated carbocycles. The van der Waals surface area contributed by atoms with E-state index in [4.69, 9.17) is 4.98 Å². The molecule has 31 heavy (non-hydrogen) atoms. The molecule has 5 heteroatoms. The van der Waals surface area contributed by atoms with Crippen molar-refractivity contribution in [3.05, 3.63) is 102 Å². The van der Waals surface area contributed by atoms with Crippen LogP contribution in [-0.4, -0.2) is 22.0 Å². The molecule has 4 nitrogen and oxygen atoms in total. The fourth-order valence-corrected chi connectivity index (χ4v) is 3.75. The molecule has 4 rings (SSSR count). The Balaban J connectivity index is 1.36. The van der Waals surface area contributed by atoms with Crippen molar-refractivity contribution in [1.29, 1.82) is 0 Å². The molecule has 0 aliphatic carbocycles. The smallest absolute Gasteiger partial charge is 0.220 e. The van der Waals surface area contributed by atoms with Crippen molar-refractivity contribution >= 4 is 16.9 Å². The first-order chi connectivity index (χ1) is 15.2. The summed E-state index contributed by atoms with van der Waals surface area (Å²) in [6.07, 6.45) is 2.71. The molecule has 1 heterocycles. The number of fused-ring (bicyclic) bond motifs is 1. The molecule has 0 unspecified atom stereocenters. The molecular weight excluding hydrogens is 389 g/mol. The number of aryl methyl sites for hydroxylation is 2. The summed E-state index contributed by atoms with van der Waals surface area (Å²) < 4.78 is 16.3. The van der Waals surface area contributed by atoms with Gasteiger partial charge in [0.25, 0.3) is 0 Å². The van der Waals surface area contributed by atoms with Crippen LogP contribution in [-0.2, 0) is 24.2 Å². The second-order valence-corrected chi connectivity index (χ2v) is 7.63. The quantitative estimate of drug-likeness (QED) is 0.395. The van der Waals surface area contributed by atoms with Gasteiger partial charge in [0.1, 0.15) is 11.6 Å². The molecule has 0 fully saturated rings. The number of halogens is 1. The molecule has 4 aromatic rings. The minimum absolute atomic E-state index is 0.0590. The molecule has 3 aromatic carbocycles. The molecular formula is C26H26FN3O. The van der Waals surface area contributed by atoms with Crippen LogP contribution in [0.3, 0.4) is 0 Å². The van der Waals surface area contributed by atoms with E-state index in [0.29, 0.717) is 31.5 Å². The van der Waals surface area contributed by atoms with Crippen LogP contribution in [0.2, 0.25) is 0 Å². The van der Waals surface area contributed by atoms with E-state index in [2.05, 4.69) is 9.88 Å². The average molecular weight is 416 g/mol. The minimum atomic E-state index is -0.211. The number of nitrogens with zero attached hydrogens (tertiary/aromatic N) is 2. The zero-order valence-electron chi connectivity index (χ0n) is 17.4. The highest BCUT2D eigenvalue weighted by atomic mass is 19.1. The SMILES string of the molecule is O=C(CCc1ccccc1)NCCCc1nc2ccccc2n1Cc1ccccc1F. The summed E-state index contributed by atoms with van der Waals surface area (Å²) in [6, 6.07) is 24.8. The first kappa shape index (κ1) is 20.8. The van der Waals surface area contributed by atoms with Crippen LogP contribution in [0.25, 0.3) is 11.0 Å². The zero-order valence-corrected chi connectivity index (χ0v) is 17.4. The van der Waals surface area contributed by atoms with Crippen LogP contribution in [0.4, 0.5) is 4.39 Å². The van der Waals surface area contributed by atoms with Crippen molar-refractivity contribution in [2.75, 3.05) is 6.54 Å². The average Bonchev–Trinajstić information content (AvgIpc) is 3.15. The number of nitrogens with one attached hydrogen (secondary N) is 1. The van der Waals surface area contributed by atoms with Gasteiger partial charge < -0.3 is 9.88 Å². The summed E-state index contributed by atoms with van der Waals surface area (Å²) >= 11 is 0. The van der Waals surface area contributed by atoms with E-state index in [1.54, 1.807) is 12.1 Å². The van der Waals surface area contributed by atoms with E-state index in [-0.39, 0.29) is 11.7 Å². The first-order valence-electron chi connectivity index (χ1n) is 10.7. The van der Waals surface area contributed by atoms with Crippen molar-refractivity contribution in [3.8, 4) is 0 Å². The molecule has 1 aromatic heterocycles. The Labute approximate surface area is 181 Å². The van der Waals surface area contributed by atoms with Crippen LogP contribution in [0.1, 0.15) is 29.8 Å². The molecule has 1 N–H and O–H groups in total. The maximum atomic E-state index is 14.2. The van der Waals surface area contributed by atoms with Crippen molar-refractivity contribution in [2.24, 2.45) is 0 Å². The van der Waals surface area contributed by atoms with Gasteiger partial charge in [0.05, 0.1) is 17.6 Å². The second kappa shape index (κ2) is 10.0. The third-order valence-electron chi connectivity index (χ3n) is 5.40. The van der Waals surface area contributed by atoms with E-state index in [1.807, 2.05) is 60.7 Å². The Morgan fingerprint density at radius 1 is 0.903 bits per heavy atom. The monoisotopic (exact) mass is 415 g/mol. The summed E-state index contributed by atoms with van der Waals surface area (Å²) in [7, 11) is 0. The maximum absolute atomic E-state index is 14.2. The predicted octanol–water partition coefficient (Wildman–Crippen LogP) is 4.91. The summed E-state index contributed by atoms with van der Waals surface area (Å²) in [5.74, 6) is 0.753. The van der Waals surface area contributed by atoms with Gasteiger partial charge in [-0.3, -0.25) is 4.79 Å². The number of amides is 1. The van der Waals surface area contributed by atoms with E-state index >= 15 is 0 Å². The topological polar surface area (TPSA) is 46.9 Å². The van der Waals surface area contributed by atoms with Gasteiger partial charge in [-0.25, -0.2) is 9.37 Å². The van der Waals surface area contributed by atoms with Gasteiger partial charge in [0.15, 0.2) is 0 Å². The Morgan fingerprint density at radius 2 is 1.65 bits per heavy atom. The van der Waals surface area contributed by atoms with E-state index < -0.39 is 0 Å². The lowest BCUT2D eigenvalue weighted by atomic mass is 10.1. The fourth-order valence-electron chi connectivity index (χ4n) is 3.75. The van der Waals surface area contributed by atoms with Crippen molar-refractivity contribution in [2.45, 2.75) is 32.2 Å². The van der Waals surface area contributed by atoms with Gasteiger partial charge in [-0.15, -0.1) is 0 Å². The number of hydrogen-bond donors (Lipinski definition) is 1. The molecule has 158 valence electrons. The lowest BCUT2D eigenvalue weighted by molar-refractivity contribution is -0.121. The van der Waals surface area contributed by atoms with Crippen molar-refractivity contribution in [1.82, 2.24) is 14.9 Å². The number of rotatable bonds is 9. The highest BCUT2D eigenvalue weighted by Gasteiger charge is 2.12. The minimum Gasteiger partial charge on any atom is -0.356 e. The largest absolute Gasteiger partial charge is 0.356 e. The number of carbonyl (C=O) groups is 1. The Bertz CT molecular complexity index is 1150. The van der Waals surface area contributed by atoms with E-state index in [0.717, 1.165) is 29.7 Å². The Morgan fingerprint density at radius 3 is 2.48 bits per heavy atom. The summed E-state index contributed by atoms with van der Waals surface area (Å²) in [4.78, 5) is 16.9. The second-order valence-electron chi connectivity index (χ2n) is 7.63. The highest BCUT2D eigenvalue weighted by Crippen LogP contribution is 2.20. The maximum Gasteiger partial charge on any atom is 0.220 e. The van der Waals surface area contributed by atoms with Crippen LogP contribution < -0.4 is 5.32 Å². The molecule has 1 amide bonds. The van der Waals surface area contributed by atoms with Gasteiger partial charge in [0.2, 0.25) is 5.91 Å². The van der Waals surface area contributed by atoms with E-state index in [1.165, 1.54) is 11.6 Å². The third-order valence-corrected chi connectivity index (χ3v) is 5.40. The number of hydrogen-bond acceptors (Lipinski definition) is 2. The molecule has 0 radical (unpaired) electrons. The van der Waals surface area contributed by atoms with Gasteiger partial charge in [0, 0.05) is 24.9 Å². The highest BCUT2D eigenvalue weighted by molar-refractivity contribution is 5.76. The van der Waals surface area contributed by atoms with Crippen molar-refractivity contribution < 1.29 is 9.18 Å². The number of imidazole rings is 1. The summed E-state index contributed by atoms with van der Waals surface area (Å²) in [5.41, 5.74) is 3.70. The zero-order chi connectivity index (χ0) is 21.5. The lowest BCUT2D eigenvalue weighted by Crippen LogP contribution is -2.25. The third kappa shape index (κ3) is 5.37. The molecule has 0 aliphatic heterocycles. The standard InChI is InChI=1S/C26H26FN3O/c27-22-12-5-4-11-21(22)19-30-24-14-7-6-13-23(24)29-25(30)15-8-18-28-26(31)17-16-20-9-2-1-3-10-20/h1-7,9-14H,8,15-19H2,(H,28,31). The molecule has 0 aliphatic rings. The number of aromatic nitrogens is 2. The molecule has 0 saturated heterocycles. The van der Waals surface area contributed by atoms with Gasteiger partial charge in [-0.05, 0) is 36.6 Å². The fraction of sp³-hybridized carbons (Fsp3) is 0.231. The summed E-state index contributed by atoms with van der Waals surface area (Å²) in [6.45, 7) is 1.03. The van der Waals surface area contributed by atoms with Crippen LogP contribution in [0.15, 0.2) is 78.9 Å². The Kier molecular flexibility index (Phi) is 6.72. The van der Waals surface area contributed by atoms with Crippen LogP contribution in [0.5, 0.6) is 0 Å². The van der Waals surface area contributed by atoms with Crippen LogP contribution >= 0.6 is 0 Å². The predicted molar refractivity (Wildman–Crippen MR) is 121 cm³/mol. The number of carbonyl (C=O) groups excluding carboxylic acids is 1. The number of para-hydroxylation sites is 2. The molecule has 0 atom stereocenters. The van der Waals surface area contributed by atoms with Gasteiger partial charge in [-0.1, -0.05) is 60.7 Å². The van der Waals surface area contributed by atoms with Gasteiger partial charge in [-0.2, -0.15) is 0 Å². The first-order valence-corrected chi connectivity index (χ1v) is 10.7. The van der Waals surface area contributed by atoms with Crippen molar-refractivity contribution in [3.63, 3.8) is 0 Å². The lowest BCUT2D eigenvalue weighted by Gasteiger charge is -2.11. The van der Waals surface area contributed by atoms with Gasteiger partial charge >= 0.3 is 0 Å². The van der Waals surface area contributed by atoms with E-state index in [9.17, 15) is 9.18 Å². The molecule has 0 spiro atoms. The van der Waals surface area contributed by atoms with Crippen LogP contribution in [0, 0.1) is 5.82 Å². The number of benzene rings is 3. The summed E-state index contributed by atoms with van der Waals surface area (Å²) in [5, 5.41) is 3.00. The molecule has 0 bridgehead atoms.